The molecule has 1 unspecified atom stereocenters. The van der Waals surface area contributed by atoms with Gasteiger partial charge in [0.05, 0.1) is 20.2 Å². The molecule has 0 aliphatic heterocycles. The molecule has 0 radical (unpaired) electrons. The highest BCUT2D eigenvalue weighted by Crippen LogP contribution is 2.26. The molecule has 0 saturated carbocycles. The summed E-state index contributed by atoms with van der Waals surface area (Å²) in [4.78, 5) is 14.8. The smallest absolute Gasteiger partial charge is 0.275 e. The van der Waals surface area contributed by atoms with E-state index >= 15 is 0 Å². The summed E-state index contributed by atoms with van der Waals surface area (Å²) in [6.07, 6.45) is 0. The second kappa shape index (κ2) is 9.67. The van der Waals surface area contributed by atoms with Gasteiger partial charge >= 0.3 is 0 Å². The van der Waals surface area contributed by atoms with Crippen molar-refractivity contribution in [2.75, 3.05) is 20.7 Å². The first-order valence-corrected chi connectivity index (χ1v) is 10.4. The van der Waals surface area contributed by atoms with Crippen LogP contribution in [-0.2, 0) is 11.3 Å². The van der Waals surface area contributed by atoms with Gasteiger partial charge in [0.2, 0.25) is 0 Å². The number of thiophene rings is 1. The zero-order chi connectivity index (χ0) is 20.8. The summed E-state index contributed by atoms with van der Waals surface area (Å²) < 4.78 is 18.8. The summed E-state index contributed by atoms with van der Waals surface area (Å²) >= 11 is 1.57. The third-order valence-electron chi connectivity index (χ3n) is 4.73. The lowest BCUT2D eigenvalue weighted by Crippen LogP contribution is -3.08. The van der Waals surface area contributed by atoms with E-state index < -0.39 is 0 Å². The van der Waals surface area contributed by atoms with Gasteiger partial charge in [0.25, 0.3) is 5.91 Å². The number of carbonyl (C=O) groups excluding carboxylic acids is 1. The highest BCUT2D eigenvalue weighted by Gasteiger charge is 2.20. The van der Waals surface area contributed by atoms with Crippen molar-refractivity contribution in [2.24, 2.45) is 0 Å². The molecule has 1 heterocycles. The number of ether oxygens (including phenoxy) is 1. The minimum Gasteiger partial charge on any atom is -0.496 e. The molecule has 0 bridgehead atoms. The molecule has 152 valence electrons. The van der Waals surface area contributed by atoms with Crippen LogP contribution in [0.4, 0.5) is 4.39 Å². The van der Waals surface area contributed by atoms with Crippen LogP contribution in [-0.4, -0.2) is 26.6 Å². The summed E-state index contributed by atoms with van der Waals surface area (Å²) in [6.45, 7) is 3.04. The molecule has 1 amide bonds. The Labute approximate surface area is 174 Å². The first kappa shape index (κ1) is 21.0. The van der Waals surface area contributed by atoms with Crippen LogP contribution in [0.15, 0.2) is 60.0 Å². The Kier molecular flexibility index (Phi) is 7.01. The Morgan fingerprint density at radius 1 is 1.21 bits per heavy atom. The second-order valence-electron chi connectivity index (χ2n) is 7.19. The van der Waals surface area contributed by atoms with Crippen LogP contribution < -0.4 is 15.0 Å². The molecule has 6 heteroatoms. The largest absolute Gasteiger partial charge is 0.496 e. The van der Waals surface area contributed by atoms with Gasteiger partial charge in [0, 0.05) is 10.4 Å². The average molecular weight is 414 g/mol. The molecule has 4 nitrogen and oxygen atoms in total. The van der Waals surface area contributed by atoms with E-state index in [0.29, 0.717) is 13.1 Å². The molecule has 0 fully saturated rings. The Balaban J connectivity index is 1.69. The van der Waals surface area contributed by atoms with Crippen LogP contribution in [0.25, 0.3) is 0 Å². The Hall–Kier alpha value is -2.70. The number of benzene rings is 2. The molecule has 0 aliphatic carbocycles. The Bertz CT molecular complexity index is 942. The maximum Gasteiger partial charge on any atom is 0.275 e. The van der Waals surface area contributed by atoms with Gasteiger partial charge in [-0.2, -0.15) is 0 Å². The van der Waals surface area contributed by atoms with E-state index in [9.17, 15) is 9.18 Å². The van der Waals surface area contributed by atoms with Gasteiger partial charge in [-0.25, -0.2) is 4.39 Å². The number of quaternary nitrogens is 1. The van der Waals surface area contributed by atoms with Crippen LogP contribution >= 0.6 is 11.3 Å². The fourth-order valence-corrected chi connectivity index (χ4v) is 4.15. The van der Waals surface area contributed by atoms with Crippen molar-refractivity contribution in [3.63, 3.8) is 0 Å². The number of aryl methyl sites for hydroxylation is 1. The highest BCUT2D eigenvalue weighted by atomic mass is 32.1. The summed E-state index contributed by atoms with van der Waals surface area (Å²) in [7, 11) is 3.64. The third-order valence-corrected chi connectivity index (χ3v) is 5.66. The molecule has 0 aliphatic rings. The normalized spacial score (nSPS) is 13.0. The maximum atomic E-state index is 13.3. The quantitative estimate of drug-likeness (QED) is 0.596. The van der Waals surface area contributed by atoms with Crippen molar-refractivity contribution in [3.05, 3.63) is 87.4 Å². The first-order valence-electron chi connectivity index (χ1n) is 9.49. The molecule has 2 atom stereocenters. The molecule has 0 saturated heterocycles. The van der Waals surface area contributed by atoms with Crippen molar-refractivity contribution in [1.82, 2.24) is 5.32 Å². The van der Waals surface area contributed by atoms with E-state index in [4.69, 9.17) is 4.74 Å². The lowest BCUT2D eigenvalue weighted by molar-refractivity contribution is -0.885. The van der Waals surface area contributed by atoms with E-state index in [0.717, 1.165) is 32.2 Å². The molecule has 2 N–H and O–H groups in total. The van der Waals surface area contributed by atoms with Crippen LogP contribution in [0, 0.1) is 12.7 Å². The van der Waals surface area contributed by atoms with Gasteiger partial charge in [-0.05, 0) is 48.2 Å². The molecule has 0 spiro atoms. The van der Waals surface area contributed by atoms with E-state index in [2.05, 4.69) is 11.4 Å². The summed E-state index contributed by atoms with van der Waals surface area (Å²) in [5, 5.41) is 5.08. The topological polar surface area (TPSA) is 42.8 Å². The van der Waals surface area contributed by atoms with Crippen molar-refractivity contribution in [1.29, 1.82) is 0 Å². The monoisotopic (exact) mass is 413 g/mol. The van der Waals surface area contributed by atoms with Crippen LogP contribution in [0.5, 0.6) is 5.75 Å². The minimum atomic E-state index is -0.290. The number of likely N-dealkylation sites (N-methyl/N-ethyl adjacent to an activating group) is 1. The number of hydrogen-bond donors (Lipinski definition) is 2. The molecular weight excluding hydrogens is 387 g/mol. The number of hydrogen-bond acceptors (Lipinski definition) is 3. The lowest BCUT2D eigenvalue weighted by atomic mass is 10.1. The molecule has 2 aromatic carbocycles. The number of rotatable bonds is 8. The zero-order valence-corrected chi connectivity index (χ0v) is 17.7. The van der Waals surface area contributed by atoms with Crippen molar-refractivity contribution < 1.29 is 18.8 Å². The first-order chi connectivity index (χ1) is 14.0. The van der Waals surface area contributed by atoms with Gasteiger partial charge in [-0.15, -0.1) is 11.3 Å². The highest BCUT2D eigenvalue weighted by molar-refractivity contribution is 7.10. The third kappa shape index (κ3) is 5.65. The van der Waals surface area contributed by atoms with Gasteiger partial charge in [-0.3, -0.25) is 4.79 Å². The van der Waals surface area contributed by atoms with E-state index in [1.807, 2.05) is 43.6 Å². The predicted molar refractivity (Wildman–Crippen MR) is 114 cm³/mol. The average Bonchev–Trinajstić information content (AvgIpc) is 3.21. The van der Waals surface area contributed by atoms with Gasteiger partial charge < -0.3 is 15.0 Å². The van der Waals surface area contributed by atoms with E-state index in [-0.39, 0.29) is 17.8 Å². The number of carbonyl (C=O) groups is 1. The zero-order valence-electron chi connectivity index (χ0n) is 16.9. The lowest BCUT2D eigenvalue weighted by Gasteiger charge is -2.20. The van der Waals surface area contributed by atoms with Crippen molar-refractivity contribution in [2.45, 2.75) is 19.5 Å². The fraction of sp³-hybridized carbons (Fsp3) is 0.261. The molecular formula is C23H26FN2O2S+. The Morgan fingerprint density at radius 3 is 2.62 bits per heavy atom. The van der Waals surface area contributed by atoms with E-state index in [1.165, 1.54) is 12.1 Å². The summed E-state index contributed by atoms with van der Waals surface area (Å²) in [5.74, 6) is 0.483. The van der Waals surface area contributed by atoms with Gasteiger partial charge in [0.15, 0.2) is 6.54 Å². The second-order valence-corrected chi connectivity index (χ2v) is 8.17. The van der Waals surface area contributed by atoms with Gasteiger partial charge in [-0.1, -0.05) is 29.8 Å². The van der Waals surface area contributed by atoms with E-state index in [1.54, 1.807) is 30.6 Å². The molecule has 3 rings (SSSR count). The standard InChI is InChI=1S/C23H25FN2O2S/c1-16-6-11-20(28-3)18(13-16)14-26(2)15-22(27)25-23(21-5-4-12-29-21)17-7-9-19(24)10-8-17/h4-13,23H,14-15H2,1-3H3,(H,25,27)/p+1/t23-/m1/s1. The van der Waals surface area contributed by atoms with Crippen molar-refractivity contribution >= 4 is 17.2 Å². The fourth-order valence-electron chi connectivity index (χ4n) is 3.35. The maximum absolute atomic E-state index is 13.3. The number of amides is 1. The molecule has 3 aromatic rings. The van der Waals surface area contributed by atoms with Crippen LogP contribution in [0.3, 0.4) is 0 Å². The Morgan fingerprint density at radius 2 is 1.97 bits per heavy atom. The number of halogens is 1. The molecule has 29 heavy (non-hydrogen) atoms. The van der Waals surface area contributed by atoms with Crippen molar-refractivity contribution in [3.8, 4) is 5.75 Å². The summed E-state index contributed by atoms with van der Waals surface area (Å²) in [5.41, 5.74) is 3.10. The minimum absolute atomic E-state index is 0.0585. The van der Waals surface area contributed by atoms with Crippen LogP contribution in [0.1, 0.15) is 27.6 Å². The van der Waals surface area contributed by atoms with Gasteiger partial charge in [0.1, 0.15) is 18.1 Å². The predicted octanol–water partition coefficient (Wildman–Crippen LogP) is 3.12. The SMILES string of the molecule is COc1ccc(C)cc1C[NH+](C)CC(=O)N[C@H](c1ccc(F)cc1)c1cccs1. The summed E-state index contributed by atoms with van der Waals surface area (Å²) in [6, 6.07) is 16.0. The molecule has 1 aromatic heterocycles. The number of nitrogens with one attached hydrogen (secondary N) is 2. The van der Waals surface area contributed by atoms with Crippen LogP contribution in [0.2, 0.25) is 0 Å². The number of methoxy groups -OCH3 is 1.